The second kappa shape index (κ2) is 6.87. The molecule has 2 aromatic carbocycles. The average molecular weight is 363 g/mol. The molecule has 1 aromatic heterocycles. The Kier molecular flexibility index (Phi) is 4.39. The number of carbonyl (C=O) groups excluding carboxylic acids is 2. The molecule has 1 heterocycles. The molecule has 0 bridgehead atoms. The summed E-state index contributed by atoms with van der Waals surface area (Å²) in [5.74, 6) is 0.0608. The molecular formula is C21H21N3O3. The van der Waals surface area contributed by atoms with Crippen molar-refractivity contribution in [2.75, 3.05) is 7.05 Å². The van der Waals surface area contributed by atoms with Gasteiger partial charge < -0.3 is 15.1 Å². The fourth-order valence-corrected chi connectivity index (χ4v) is 3.69. The molecule has 1 saturated carbocycles. The number of nitrogens with zero attached hydrogens (tertiary/aromatic N) is 2. The highest BCUT2D eigenvalue weighted by atomic mass is 16.3. The molecule has 1 aliphatic rings. The van der Waals surface area contributed by atoms with Gasteiger partial charge in [-0.1, -0.05) is 12.1 Å². The van der Waals surface area contributed by atoms with Crippen LogP contribution in [0.5, 0.6) is 0 Å². The molecule has 2 atom stereocenters. The Morgan fingerprint density at radius 2 is 1.85 bits per heavy atom. The van der Waals surface area contributed by atoms with Crippen molar-refractivity contribution in [3.8, 4) is 11.5 Å². The zero-order valence-corrected chi connectivity index (χ0v) is 15.1. The minimum absolute atomic E-state index is 0.0479. The zero-order valence-electron chi connectivity index (χ0n) is 15.1. The molecule has 0 spiro atoms. The van der Waals surface area contributed by atoms with Crippen LogP contribution in [-0.4, -0.2) is 34.8 Å². The van der Waals surface area contributed by atoms with Crippen LogP contribution in [0, 0.1) is 5.92 Å². The van der Waals surface area contributed by atoms with Gasteiger partial charge in [-0.05, 0) is 55.7 Å². The molecule has 1 aliphatic carbocycles. The molecule has 0 radical (unpaired) electrons. The van der Waals surface area contributed by atoms with Crippen LogP contribution in [0.1, 0.15) is 29.6 Å². The Balaban J connectivity index is 1.50. The van der Waals surface area contributed by atoms with Crippen molar-refractivity contribution in [1.29, 1.82) is 0 Å². The third kappa shape index (κ3) is 3.30. The van der Waals surface area contributed by atoms with Gasteiger partial charge in [0, 0.05) is 30.1 Å². The summed E-state index contributed by atoms with van der Waals surface area (Å²) in [5, 5.41) is 0. The standard InChI is InChI=1S/C21H21N3O3/c1-24(16-11-10-15(12-16)19(22)25)21(26)14-8-6-13(7-9-14)20-23-17-4-2-3-5-18(17)27-20/h2-9,15-16H,10-12H2,1H3,(H2,22,25)/t15-,16-/m1/s1. The molecule has 2 amide bonds. The Hall–Kier alpha value is -3.15. The molecule has 0 unspecified atom stereocenters. The maximum Gasteiger partial charge on any atom is 0.253 e. The maximum absolute atomic E-state index is 12.8. The van der Waals surface area contributed by atoms with E-state index >= 15 is 0 Å². The van der Waals surface area contributed by atoms with Gasteiger partial charge in [-0.15, -0.1) is 0 Å². The Morgan fingerprint density at radius 1 is 1.11 bits per heavy atom. The maximum atomic E-state index is 12.8. The number of rotatable bonds is 4. The van der Waals surface area contributed by atoms with Gasteiger partial charge in [0.15, 0.2) is 5.58 Å². The first-order valence-corrected chi connectivity index (χ1v) is 9.05. The van der Waals surface area contributed by atoms with E-state index in [0.717, 1.165) is 29.5 Å². The van der Waals surface area contributed by atoms with Gasteiger partial charge in [-0.3, -0.25) is 9.59 Å². The average Bonchev–Trinajstić information content (AvgIpc) is 3.34. The van der Waals surface area contributed by atoms with E-state index in [1.807, 2.05) is 36.4 Å². The van der Waals surface area contributed by atoms with Gasteiger partial charge in [-0.25, -0.2) is 4.98 Å². The van der Waals surface area contributed by atoms with Crippen LogP contribution >= 0.6 is 0 Å². The van der Waals surface area contributed by atoms with E-state index in [2.05, 4.69) is 4.98 Å². The van der Waals surface area contributed by atoms with Crippen molar-refractivity contribution in [1.82, 2.24) is 9.88 Å². The predicted octanol–water partition coefficient (Wildman–Crippen LogP) is 3.22. The Labute approximate surface area is 157 Å². The van der Waals surface area contributed by atoms with Crippen molar-refractivity contribution in [2.24, 2.45) is 11.7 Å². The van der Waals surface area contributed by atoms with E-state index in [0.29, 0.717) is 17.9 Å². The fourth-order valence-electron chi connectivity index (χ4n) is 3.69. The zero-order chi connectivity index (χ0) is 19.0. The van der Waals surface area contributed by atoms with Gasteiger partial charge in [0.25, 0.3) is 5.91 Å². The van der Waals surface area contributed by atoms with Crippen LogP contribution < -0.4 is 5.73 Å². The molecule has 0 aliphatic heterocycles. The van der Waals surface area contributed by atoms with Gasteiger partial charge in [0.2, 0.25) is 11.8 Å². The summed E-state index contributed by atoms with van der Waals surface area (Å²) in [6.45, 7) is 0. The first kappa shape index (κ1) is 17.3. The first-order valence-electron chi connectivity index (χ1n) is 9.05. The molecule has 2 N–H and O–H groups in total. The third-order valence-electron chi connectivity index (χ3n) is 5.35. The molecule has 0 saturated heterocycles. The van der Waals surface area contributed by atoms with Crippen molar-refractivity contribution in [3.63, 3.8) is 0 Å². The van der Waals surface area contributed by atoms with E-state index in [9.17, 15) is 9.59 Å². The lowest BCUT2D eigenvalue weighted by molar-refractivity contribution is -0.121. The molecule has 3 aromatic rings. The molecule has 6 nitrogen and oxygen atoms in total. The van der Waals surface area contributed by atoms with Crippen molar-refractivity contribution in [3.05, 3.63) is 54.1 Å². The monoisotopic (exact) mass is 363 g/mol. The number of carbonyl (C=O) groups is 2. The van der Waals surface area contributed by atoms with Crippen molar-refractivity contribution >= 4 is 22.9 Å². The van der Waals surface area contributed by atoms with Gasteiger partial charge in [-0.2, -0.15) is 0 Å². The number of fused-ring (bicyclic) bond motifs is 1. The van der Waals surface area contributed by atoms with E-state index in [1.54, 1.807) is 24.1 Å². The van der Waals surface area contributed by atoms with Gasteiger partial charge >= 0.3 is 0 Å². The van der Waals surface area contributed by atoms with E-state index in [-0.39, 0.29) is 23.8 Å². The van der Waals surface area contributed by atoms with Gasteiger partial charge in [0.05, 0.1) is 0 Å². The summed E-state index contributed by atoms with van der Waals surface area (Å²) in [4.78, 5) is 30.3. The summed E-state index contributed by atoms with van der Waals surface area (Å²) >= 11 is 0. The number of aromatic nitrogens is 1. The lowest BCUT2D eigenvalue weighted by Gasteiger charge is -2.24. The summed E-state index contributed by atoms with van der Waals surface area (Å²) in [5.41, 5.74) is 8.34. The highest BCUT2D eigenvalue weighted by molar-refractivity contribution is 5.94. The van der Waals surface area contributed by atoms with Crippen LogP contribution in [0.25, 0.3) is 22.6 Å². The van der Waals surface area contributed by atoms with Crippen LogP contribution in [-0.2, 0) is 4.79 Å². The molecular weight excluding hydrogens is 342 g/mol. The van der Waals surface area contributed by atoms with E-state index in [1.165, 1.54) is 0 Å². The van der Waals surface area contributed by atoms with E-state index < -0.39 is 0 Å². The number of oxazole rings is 1. The number of hydrogen-bond donors (Lipinski definition) is 1. The normalized spacial score (nSPS) is 19.3. The number of para-hydroxylation sites is 2. The third-order valence-corrected chi connectivity index (χ3v) is 5.35. The highest BCUT2D eigenvalue weighted by Crippen LogP contribution is 2.30. The second-order valence-electron chi connectivity index (χ2n) is 7.05. The summed E-state index contributed by atoms with van der Waals surface area (Å²) < 4.78 is 5.77. The van der Waals surface area contributed by atoms with Crippen LogP contribution in [0.15, 0.2) is 52.9 Å². The summed E-state index contributed by atoms with van der Waals surface area (Å²) in [7, 11) is 1.78. The minimum atomic E-state index is -0.277. The Morgan fingerprint density at radius 3 is 2.52 bits per heavy atom. The Bertz CT molecular complexity index is 960. The topological polar surface area (TPSA) is 89.4 Å². The molecule has 138 valence electrons. The molecule has 1 fully saturated rings. The van der Waals surface area contributed by atoms with Crippen LogP contribution in [0.3, 0.4) is 0 Å². The first-order chi connectivity index (χ1) is 13.0. The molecule has 27 heavy (non-hydrogen) atoms. The number of primary amides is 1. The molecule has 6 heteroatoms. The summed E-state index contributed by atoms with van der Waals surface area (Å²) in [6.07, 6.45) is 2.18. The summed E-state index contributed by atoms with van der Waals surface area (Å²) in [6, 6.07) is 14.9. The van der Waals surface area contributed by atoms with Crippen LogP contribution in [0.4, 0.5) is 0 Å². The second-order valence-corrected chi connectivity index (χ2v) is 7.05. The lowest BCUT2D eigenvalue weighted by atomic mass is 10.1. The quantitative estimate of drug-likeness (QED) is 0.771. The fraction of sp³-hybridized carbons (Fsp3) is 0.286. The minimum Gasteiger partial charge on any atom is -0.436 e. The lowest BCUT2D eigenvalue weighted by Crippen LogP contribution is -2.36. The largest absolute Gasteiger partial charge is 0.436 e. The number of hydrogen-bond acceptors (Lipinski definition) is 4. The predicted molar refractivity (Wildman–Crippen MR) is 102 cm³/mol. The number of amides is 2. The highest BCUT2D eigenvalue weighted by Gasteiger charge is 2.32. The molecule has 4 rings (SSSR count). The smallest absolute Gasteiger partial charge is 0.253 e. The number of benzene rings is 2. The van der Waals surface area contributed by atoms with Crippen molar-refractivity contribution in [2.45, 2.75) is 25.3 Å². The SMILES string of the molecule is CN(C(=O)c1ccc(-c2nc3ccccc3o2)cc1)[C@@H]1CC[C@@H](C(N)=O)C1. The number of nitrogens with two attached hydrogens (primary N) is 1. The van der Waals surface area contributed by atoms with E-state index in [4.69, 9.17) is 10.2 Å². The van der Waals surface area contributed by atoms with Gasteiger partial charge in [0.1, 0.15) is 5.52 Å². The van der Waals surface area contributed by atoms with Crippen LogP contribution in [0.2, 0.25) is 0 Å². The van der Waals surface area contributed by atoms with Crippen molar-refractivity contribution < 1.29 is 14.0 Å².